The Balaban J connectivity index is 0.959. The highest BCUT2D eigenvalue weighted by molar-refractivity contribution is 7.36. The summed E-state index contributed by atoms with van der Waals surface area (Å²) in [4.78, 5) is 42.9. The topological polar surface area (TPSA) is 40.6 Å². The largest absolute Gasteiger partial charge is 0.340 e. The number of fused-ring (bicyclic) bond motifs is 6. The third kappa shape index (κ3) is 22.3. The third-order valence-electron chi connectivity index (χ3n) is 20.8. The maximum atomic E-state index is 15.4. The minimum atomic E-state index is 0.0129. The van der Waals surface area contributed by atoms with E-state index in [-0.39, 0.29) is 11.6 Å². The molecule has 2 atom stereocenters. The zero-order valence-corrected chi connectivity index (χ0v) is 64.5. The molecule has 0 bridgehead atoms. The molecule has 0 fully saturated rings. The monoisotopic (exact) mass is 1380 g/mol. The predicted octanol–water partition coefficient (Wildman–Crippen LogP) is 30.0. The summed E-state index contributed by atoms with van der Waals surface area (Å²) in [6, 6.07) is 18.9. The minimum Gasteiger partial charge on any atom is -0.340 e. The van der Waals surface area contributed by atoms with E-state index in [1.165, 1.54) is 346 Å². The van der Waals surface area contributed by atoms with E-state index in [2.05, 4.69) is 99.9 Å². The van der Waals surface area contributed by atoms with Gasteiger partial charge >= 0.3 is 0 Å². The van der Waals surface area contributed by atoms with Gasteiger partial charge in [-0.15, -0.1) is 68.0 Å². The van der Waals surface area contributed by atoms with Crippen molar-refractivity contribution in [1.29, 1.82) is 0 Å². The zero-order chi connectivity index (χ0) is 65.7. The molecule has 0 saturated heterocycles. The summed E-state index contributed by atoms with van der Waals surface area (Å²) in [7, 11) is 0. The molecule has 2 aliphatic rings. The summed E-state index contributed by atoms with van der Waals surface area (Å²) in [5.41, 5.74) is 3.32. The molecule has 0 spiro atoms. The normalized spacial score (nSPS) is 15.3. The van der Waals surface area contributed by atoms with Crippen LogP contribution < -0.4 is 0 Å². The van der Waals surface area contributed by atoms with Gasteiger partial charge in [-0.2, -0.15) is 0 Å². The number of hydrogen-bond donors (Lipinski definition) is 0. The molecule has 0 saturated carbocycles. The van der Waals surface area contributed by atoms with Gasteiger partial charge in [0, 0.05) is 84.9 Å². The molecular weight excluding hydrogens is 1260 g/mol. The van der Waals surface area contributed by atoms with Gasteiger partial charge in [0.05, 0.1) is 20.0 Å². The molecule has 10 heteroatoms. The molecule has 2 unspecified atom stereocenters. The second-order valence-electron chi connectivity index (χ2n) is 28.8. The van der Waals surface area contributed by atoms with Crippen molar-refractivity contribution in [2.24, 2.45) is 11.8 Å². The molecule has 6 aromatic heterocycles. The molecule has 516 valence electrons. The second-order valence-corrected chi connectivity index (χ2v) is 35.5. The van der Waals surface area contributed by atoms with Crippen molar-refractivity contribution in [2.45, 2.75) is 324 Å². The van der Waals surface area contributed by atoms with E-state index in [0.717, 1.165) is 29.4 Å². The van der Waals surface area contributed by atoms with Gasteiger partial charge in [-0.1, -0.05) is 285 Å². The van der Waals surface area contributed by atoms with Crippen LogP contribution in [0, 0.1) is 18.8 Å². The van der Waals surface area contributed by atoms with E-state index in [0.29, 0.717) is 23.2 Å². The van der Waals surface area contributed by atoms with Crippen molar-refractivity contribution < 1.29 is 9.59 Å². The van der Waals surface area contributed by atoms with Crippen LogP contribution in [0.2, 0.25) is 0 Å². The fourth-order valence-electron chi connectivity index (χ4n) is 15.2. The van der Waals surface area contributed by atoms with E-state index in [1.807, 2.05) is 80.2 Å². The van der Waals surface area contributed by atoms with E-state index >= 15 is 4.79 Å². The van der Waals surface area contributed by atoms with Gasteiger partial charge in [-0.3, -0.25) is 9.59 Å². The number of unbranched alkanes of at least 4 members (excludes halogenated alkanes) is 36. The van der Waals surface area contributed by atoms with Gasteiger partial charge in [0.1, 0.15) is 11.4 Å². The number of nitrogens with zero attached hydrogens (tertiary/aromatic N) is 2. The van der Waals surface area contributed by atoms with E-state index < -0.39 is 0 Å². The van der Waals surface area contributed by atoms with Crippen LogP contribution >= 0.6 is 68.0 Å². The highest BCUT2D eigenvalue weighted by Gasteiger charge is 2.40. The van der Waals surface area contributed by atoms with Crippen molar-refractivity contribution in [3.63, 3.8) is 0 Å². The highest BCUT2D eigenvalue weighted by atomic mass is 32.1. The van der Waals surface area contributed by atoms with Crippen LogP contribution in [0.1, 0.15) is 327 Å². The number of benzene rings is 1. The first-order valence-corrected chi connectivity index (χ1v) is 43.8. The van der Waals surface area contributed by atoms with Crippen LogP contribution in [0.5, 0.6) is 0 Å². The number of aryl methyl sites for hydroxylation is 1. The van der Waals surface area contributed by atoms with Gasteiger partial charge in [0.25, 0.3) is 0 Å². The average molecular weight is 1380 g/mol. The first-order valence-electron chi connectivity index (χ1n) is 38.9. The lowest BCUT2D eigenvalue weighted by atomic mass is 9.92. The lowest BCUT2D eigenvalue weighted by Gasteiger charge is -2.33. The van der Waals surface area contributed by atoms with Crippen molar-refractivity contribution in [3.05, 3.63) is 87.5 Å². The zero-order valence-electron chi connectivity index (χ0n) is 59.6. The Morgan fingerprint density at radius 2 is 0.649 bits per heavy atom. The Morgan fingerprint density at radius 1 is 0.319 bits per heavy atom. The molecule has 8 heterocycles. The molecule has 1 aromatic carbocycles. The molecule has 2 aliphatic heterocycles. The van der Waals surface area contributed by atoms with Gasteiger partial charge < -0.3 is 9.80 Å². The predicted molar refractivity (Wildman–Crippen MR) is 424 cm³/mol. The Morgan fingerprint density at radius 3 is 1.03 bits per heavy atom. The SMILES string of the molecule is CCCCCCCCCCCCCCC(CCCCCCCCCC)CN1C(C)=CC(=O)/C1=C1/C(=O)C=C(c2ccc(-c3cc4sc5cc6c(cc5c4s3)sc3cc(-c4ccc(C)s4)sc36)s2)N1CC(CCCCCCCCCC)CCCCCCCCCCCCCC. The number of thiophene rings is 6. The fourth-order valence-corrected chi connectivity index (χ4v) is 22.3. The molecule has 0 radical (unpaired) electrons. The molecule has 7 aromatic rings. The fraction of sp³-hybridized carbons (Fsp3) is 0.643. The van der Waals surface area contributed by atoms with Gasteiger partial charge in [0.15, 0.2) is 0 Å². The summed E-state index contributed by atoms with van der Waals surface area (Å²) in [6.07, 6.45) is 62.2. The number of ketones is 2. The van der Waals surface area contributed by atoms with Crippen LogP contribution in [-0.2, 0) is 9.59 Å². The standard InChI is InChI=1S/C84H122N2O2S6/c1-7-11-15-19-23-27-29-31-33-37-41-44-48-65(47-43-39-35-25-21-17-13-9-3)61-85-63(5)55-70(87)81(85)82-71(88)58-69(86(82)62-66(49-45-40-36-26-22-18-14-10-4)50-46-42-38-34-32-30-28-24-20-16-12-8-2)72-53-54-74(90-72)78-60-80-84(94-78)68-57-75-67(56-76(68)92-80)83-79(91-75)59-77(93-83)73-52-51-64(6)89-73/h51-60,65-66H,7-50,61-62H2,1-6H3/b82-81+. The lowest BCUT2D eigenvalue weighted by Crippen LogP contribution is -2.34. The maximum absolute atomic E-state index is 15.4. The Labute approximate surface area is 595 Å². The number of rotatable bonds is 51. The van der Waals surface area contributed by atoms with Crippen LogP contribution in [0.3, 0.4) is 0 Å². The van der Waals surface area contributed by atoms with Crippen LogP contribution in [-0.4, -0.2) is 34.5 Å². The quantitative estimate of drug-likeness (QED) is 0.0281. The van der Waals surface area contributed by atoms with Crippen molar-refractivity contribution in [3.8, 4) is 19.5 Å². The average Bonchev–Trinajstić information content (AvgIpc) is 1.59. The van der Waals surface area contributed by atoms with Crippen molar-refractivity contribution in [2.75, 3.05) is 13.1 Å². The molecule has 0 aliphatic carbocycles. The smallest absolute Gasteiger partial charge is 0.206 e. The summed E-state index contributed by atoms with van der Waals surface area (Å²) < 4.78 is 8.29. The number of allylic oxidation sites excluding steroid dienone is 3. The maximum Gasteiger partial charge on any atom is 0.206 e. The third-order valence-corrected chi connectivity index (χ3v) is 28.1. The number of carbonyl (C=O) groups is 2. The lowest BCUT2D eigenvalue weighted by molar-refractivity contribution is -0.114. The summed E-state index contributed by atoms with van der Waals surface area (Å²) >= 11 is 11.5. The molecule has 94 heavy (non-hydrogen) atoms. The molecular formula is C84H122N2O2S6. The Kier molecular flexibility index (Phi) is 32.8. The minimum absolute atomic E-state index is 0.0129. The van der Waals surface area contributed by atoms with Crippen LogP contribution in [0.25, 0.3) is 64.2 Å². The number of hydrogen-bond acceptors (Lipinski definition) is 10. The van der Waals surface area contributed by atoms with Crippen molar-refractivity contribution >= 4 is 124 Å². The van der Waals surface area contributed by atoms with Gasteiger partial charge in [0.2, 0.25) is 11.6 Å². The van der Waals surface area contributed by atoms with Gasteiger partial charge in [-0.25, -0.2) is 0 Å². The highest BCUT2D eigenvalue weighted by Crippen LogP contribution is 2.51. The Bertz CT molecular complexity index is 3460. The van der Waals surface area contributed by atoms with Crippen LogP contribution in [0.15, 0.2) is 77.8 Å². The summed E-state index contributed by atoms with van der Waals surface area (Å²) in [6.45, 7) is 15.2. The Hall–Kier alpha value is -3.38. The summed E-state index contributed by atoms with van der Waals surface area (Å²) in [5, 5.41) is 2.76. The number of carbonyl (C=O) groups excluding carboxylic acids is 2. The molecule has 4 nitrogen and oxygen atoms in total. The molecule has 0 N–H and O–H groups in total. The first kappa shape index (κ1) is 74.8. The van der Waals surface area contributed by atoms with Gasteiger partial charge in [-0.05, 0) is 99.9 Å². The first-order chi connectivity index (χ1) is 46.2. The second kappa shape index (κ2) is 41.3. The van der Waals surface area contributed by atoms with Crippen molar-refractivity contribution in [1.82, 2.24) is 9.80 Å². The molecule has 9 rings (SSSR count). The van der Waals surface area contributed by atoms with E-state index in [9.17, 15) is 4.79 Å². The summed E-state index contributed by atoms with van der Waals surface area (Å²) in [5.74, 6) is 0.944. The van der Waals surface area contributed by atoms with Crippen LogP contribution in [0.4, 0.5) is 0 Å². The molecule has 0 amide bonds. The van der Waals surface area contributed by atoms with E-state index in [4.69, 9.17) is 0 Å². The van der Waals surface area contributed by atoms with E-state index in [1.54, 1.807) is 0 Å².